The molecule has 0 aromatic carbocycles. The van der Waals surface area contributed by atoms with E-state index >= 15 is 0 Å². The molecule has 1 amide bonds. The minimum Gasteiger partial charge on any atom is -0.345 e. The summed E-state index contributed by atoms with van der Waals surface area (Å²) < 4.78 is 15.5. The van der Waals surface area contributed by atoms with Crippen molar-refractivity contribution in [3.8, 4) is 0 Å². The van der Waals surface area contributed by atoms with Gasteiger partial charge in [-0.25, -0.2) is 0 Å². The highest BCUT2D eigenvalue weighted by atomic mass is 16.8. The molecule has 1 heterocycles. The van der Waals surface area contributed by atoms with Gasteiger partial charge in [-0.1, -0.05) is 6.58 Å². The van der Waals surface area contributed by atoms with Crippen molar-refractivity contribution in [3.05, 3.63) is 12.7 Å². The second-order valence-electron chi connectivity index (χ2n) is 2.82. The predicted molar refractivity (Wildman–Crippen MR) is 49.4 cm³/mol. The molecule has 1 aliphatic heterocycles. The fourth-order valence-corrected chi connectivity index (χ4v) is 1.06. The Kier molecular flexibility index (Phi) is 4.58. The Morgan fingerprint density at radius 1 is 1.64 bits per heavy atom. The van der Waals surface area contributed by atoms with Crippen LogP contribution in [0.5, 0.6) is 0 Å². The van der Waals surface area contributed by atoms with Crippen LogP contribution in [-0.2, 0) is 19.0 Å². The first-order chi connectivity index (χ1) is 6.76. The molecule has 0 aromatic rings. The zero-order valence-corrected chi connectivity index (χ0v) is 8.19. The van der Waals surface area contributed by atoms with Crippen molar-refractivity contribution in [1.82, 2.24) is 5.32 Å². The molecule has 80 valence electrons. The lowest BCUT2D eigenvalue weighted by atomic mass is 10.3. The van der Waals surface area contributed by atoms with E-state index in [1.807, 2.05) is 6.92 Å². The number of carbonyl (C=O) groups excluding carboxylic acids is 1. The lowest BCUT2D eigenvalue weighted by molar-refractivity contribution is -0.313. The molecule has 14 heavy (non-hydrogen) atoms. The largest absolute Gasteiger partial charge is 0.345 e. The van der Waals surface area contributed by atoms with Crippen LogP contribution in [0.15, 0.2) is 12.7 Å². The van der Waals surface area contributed by atoms with Gasteiger partial charge in [0.15, 0.2) is 0 Å². The van der Waals surface area contributed by atoms with Crippen molar-refractivity contribution in [2.24, 2.45) is 0 Å². The highest BCUT2D eigenvalue weighted by Crippen LogP contribution is 2.06. The van der Waals surface area contributed by atoms with Gasteiger partial charge in [0.2, 0.25) is 5.91 Å². The van der Waals surface area contributed by atoms with E-state index in [1.165, 1.54) is 6.08 Å². The monoisotopic (exact) mass is 201 g/mol. The van der Waals surface area contributed by atoms with Gasteiger partial charge < -0.3 is 19.5 Å². The Labute approximate surface area is 83.0 Å². The summed E-state index contributed by atoms with van der Waals surface area (Å²) in [6, 6.07) is -0.128. The topological polar surface area (TPSA) is 56.8 Å². The molecule has 0 bridgehead atoms. The first-order valence-electron chi connectivity index (χ1n) is 4.54. The van der Waals surface area contributed by atoms with E-state index in [1.54, 1.807) is 0 Å². The molecule has 1 N–H and O–H groups in total. The van der Waals surface area contributed by atoms with Crippen LogP contribution in [0.4, 0.5) is 0 Å². The van der Waals surface area contributed by atoms with Gasteiger partial charge in [0.05, 0.1) is 19.3 Å². The summed E-state index contributed by atoms with van der Waals surface area (Å²) >= 11 is 0. The standard InChI is InChI=1S/C9H15NO4/c1-3-8(11)10-7-5-13-9(12-4-2)14-6-7/h3,7,9H,1,4-6H2,2H3,(H,10,11). The van der Waals surface area contributed by atoms with Gasteiger partial charge in [-0.05, 0) is 13.0 Å². The molecule has 1 aliphatic rings. The molecule has 5 heteroatoms. The molecular formula is C9H15NO4. The molecule has 0 aromatic heterocycles. The molecule has 0 radical (unpaired) electrons. The number of ether oxygens (including phenoxy) is 3. The minimum atomic E-state index is -0.600. The van der Waals surface area contributed by atoms with Crippen molar-refractivity contribution in [3.63, 3.8) is 0 Å². The molecule has 1 fully saturated rings. The van der Waals surface area contributed by atoms with E-state index in [2.05, 4.69) is 11.9 Å². The van der Waals surface area contributed by atoms with Crippen molar-refractivity contribution in [2.75, 3.05) is 19.8 Å². The molecule has 0 aliphatic carbocycles. The summed E-state index contributed by atoms with van der Waals surface area (Å²) in [7, 11) is 0. The van der Waals surface area contributed by atoms with E-state index in [9.17, 15) is 4.79 Å². The second-order valence-corrected chi connectivity index (χ2v) is 2.82. The summed E-state index contributed by atoms with van der Waals surface area (Å²) in [5.41, 5.74) is 0. The number of amides is 1. The third kappa shape index (κ3) is 3.45. The quantitative estimate of drug-likeness (QED) is 0.652. The lowest BCUT2D eigenvalue weighted by Crippen LogP contribution is -2.47. The van der Waals surface area contributed by atoms with Crippen LogP contribution in [0.1, 0.15) is 6.92 Å². The van der Waals surface area contributed by atoms with Crippen LogP contribution < -0.4 is 5.32 Å². The van der Waals surface area contributed by atoms with E-state index in [0.717, 1.165) is 0 Å². The van der Waals surface area contributed by atoms with Crippen molar-refractivity contribution in [1.29, 1.82) is 0 Å². The number of nitrogens with one attached hydrogen (secondary N) is 1. The van der Waals surface area contributed by atoms with Gasteiger partial charge in [0.25, 0.3) is 6.48 Å². The molecule has 0 atom stereocenters. The Morgan fingerprint density at radius 2 is 2.29 bits per heavy atom. The van der Waals surface area contributed by atoms with Crippen molar-refractivity contribution < 1.29 is 19.0 Å². The van der Waals surface area contributed by atoms with Crippen LogP contribution in [0, 0.1) is 0 Å². The van der Waals surface area contributed by atoms with Gasteiger partial charge in [-0.3, -0.25) is 4.79 Å². The van der Waals surface area contributed by atoms with E-state index < -0.39 is 6.48 Å². The summed E-state index contributed by atoms with van der Waals surface area (Å²) in [5, 5.41) is 2.67. The molecule has 0 spiro atoms. The second kappa shape index (κ2) is 5.74. The average molecular weight is 201 g/mol. The maximum Gasteiger partial charge on any atom is 0.271 e. The zero-order chi connectivity index (χ0) is 10.4. The summed E-state index contributed by atoms with van der Waals surface area (Å²) in [6.45, 7) is 5.93. The highest BCUT2D eigenvalue weighted by Gasteiger charge is 2.22. The zero-order valence-electron chi connectivity index (χ0n) is 8.19. The maximum absolute atomic E-state index is 10.9. The van der Waals surface area contributed by atoms with Crippen LogP contribution in [-0.4, -0.2) is 38.2 Å². The Bertz CT molecular complexity index is 199. The molecular weight excluding hydrogens is 186 g/mol. The van der Waals surface area contributed by atoms with Gasteiger partial charge in [0.1, 0.15) is 0 Å². The molecule has 5 nitrogen and oxygen atoms in total. The van der Waals surface area contributed by atoms with Crippen molar-refractivity contribution in [2.45, 2.75) is 19.4 Å². The fourth-order valence-electron chi connectivity index (χ4n) is 1.06. The average Bonchev–Trinajstić information content (AvgIpc) is 2.21. The Balaban J connectivity index is 2.21. The maximum atomic E-state index is 10.9. The summed E-state index contributed by atoms with van der Waals surface area (Å²) in [6.07, 6.45) is 1.22. The van der Waals surface area contributed by atoms with Gasteiger partial charge in [-0.15, -0.1) is 0 Å². The number of hydrogen-bond donors (Lipinski definition) is 1. The van der Waals surface area contributed by atoms with Crippen molar-refractivity contribution >= 4 is 5.91 Å². The molecule has 0 unspecified atom stereocenters. The van der Waals surface area contributed by atoms with E-state index in [0.29, 0.717) is 19.8 Å². The number of rotatable bonds is 4. The van der Waals surface area contributed by atoms with Crippen LogP contribution in [0.3, 0.4) is 0 Å². The minimum absolute atomic E-state index is 0.128. The third-order valence-electron chi connectivity index (χ3n) is 1.70. The highest BCUT2D eigenvalue weighted by molar-refractivity contribution is 5.87. The summed E-state index contributed by atoms with van der Waals surface area (Å²) in [5.74, 6) is -0.225. The molecule has 1 saturated heterocycles. The molecule has 0 saturated carbocycles. The normalized spacial score (nSPS) is 26.9. The van der Waals surface area contributed by atoms with E-state index in [-0.39, 0.29) is 11.9 Å². The number of carbonyl (C=O) groups is 1. The SMILES string of the molecule is C=CC(=O)NC1COC(OCC)OC1. The van der Waals surface area contributed by atoms with Gasteiger partial charge in [-0.2, -0.15) is 0 Å². The Hall–Kier alpha value is -0.910. The first kappa shape index (κ1) is 11.2. The summed E-state index contributed by atoms with van der Waals surface area (Å²) in [4.78, 5) is 10.9. The van der Waals surface area contributed by atoms with E-state index in [4.69, 9.17) is 14.2 Å². The van der Waals surface area contributed by atoms with Crippen LogP contribution >= 0.6 is 0 Å². The number of hydrogen-bond acceptors (Lipinski definition) is 4. The van der Waals surface area contributed by atoms with Gasteiger partial charge >= 0.3 is 0 Å². The van der Waals surface area contributed by atoms with Crippen LogP contribution in [0.2, 0.25) is 0 Å². The van der Waals surface area contributed by atoms with Crippen LogP contribution in [0.25, 0.3) is 0 Å². The lowest BCUT2D eigenvalue weighted by Gasteiger charge is -2.28. The predicted octanol–water partition coefficient (Wildman–Crippen LogP) is 0.0241. The van der Waals surface area contributed by atoms with Gasteiger partial charge in [0, 0.05) is 6.61 Å². The third-order valence-corrected chi connectivity index (χ3v) is 1.70. The Morgan fingerprint density at radius 3 is 2.79 bits per heavy atom. The smallest absolute Gasteiger partial charge is 0.271 e. The fraction of sp³-hybridized carbons (Fsp3) is 0.667. The molecule has 1 rings (SSSR count). The first-order valence-corrected chi connectivity index (χ1v) is 4.54.